The van der Waals surface area contributed by atoms with Crippen molar-refractivity contribution in [1.82, 2.24) is 10.9 Å². The zero-order valence-corrected chi connectivity index (χ0v) is 17.3. The average molecular weight is 400 g/mol. The van der Waals surface area contributed by atoms with E-state index < -0.39 is 11.8 Å². The minimum atomic E-state index is -0.450. The molecule has 0 fully saturated rings. The fourth-order valence-electron chi connectivity index (χ4n) is 2.57. The van der Waals surface area contributed by atoms with Crippen LogP contribution in [-0.4, -0.2) is 38.7 Å². The lowest BCUT2D eigenvalue weighted by Gasteiger charge is -2.15. The molecule has 2 amide bonds. The number of rotatable bonds is 9. The summed E-state index contributed by atoms with van der Waals surface area (Å²) in [5.74, 6) is 0.699. The largest absolute Gasteiger partial charge is 0.491 e. The van der Waals surface area contributed by atoms with Crippen LogP contribution >= 0.6 is 0 Å². The van der Waals surface area contributed by atoms with E-state index in [1.807, 2.05) is 25.1 Å². The predicted octanol–water partition coefficient (Wildman–Crippen LogP) is 2.98. The monoisotopic (exact) mass is 400 g/mol. The van der Waals surface area contributed by atoms with E-state index in [1.165, 1.54) is 0 Å². The molecule has 7 nitrogen and oxygen atoms in total. The Morgan fingerprint density at radius 2 is 1.69 bits per heavy atom. The van der Waals surface area contributed by atoms with Gasteiger partial charge in [-0.05, 0) is 54.3 Å². The first kappa shape index (κ1) is 22.2. The molecule has 2 aromatic carbocycles. The lowest BCUT2D eigenvalue weighted by Crippen LogP contribution is -2.43. The summed E-state index contributed by atoms with van der Waals surface area (Å²) in [7, 11) is 1.60. The highest BCUT2D eigenvalue weighted by Gasteiger charge is 2.11. The van der Waals surface area contributed by atoms with Gasteiger partial charge in [-0.25, -0.2) is 0 Å². The maximum absolute atomic E-state index is 12.2. The Labute approximate surface area is 171 Å². The van der Waals surface area contributed by atoms with Crippen LogP contribution in [-0.2, 0) is 9.53 Å². The normalized spacial score (nSPS) is 10.5. The van der Waals surface area contributed by atoms with Gasteiger partial charge in [-0.3, -0.25) is 20.4 Å². The van der Waals surface area contributed by atoms with Gasteiger partial charge in [0.15, 0.2) is 6.61 Å². The first-order chi connectivity index (χ1) is 13.9. The summed E-state index contributed by atoms with van der Waals surface area (Å²) < 4.78 is 16.0. The van der Waals surface area contributed by atoms with Crippen LogP contribution in [0.1, 0.15) is 41.3 Å². The van der Waals surface area contributed by atoms with E-state index in [4.69, 9.17) is 14.2 Å². The highest BCUT2D eigenvalue weighted by molar-refractivity contribution is 5.95. The minimum Gasteiger partial charge on any atom is -0.491 e. The van der Waals surface area contributed by atoms with E-state index >= 15 is 0 Å². The molecule has 156 valence electrons. The quantitative estimate of drug-likeness (QED) is 0.499. The van der Waals surface area contributed by atoms with Crippen molar-refractivity contribution in [2.45, 2.75) is 26.7 Å². The molecule has 0 spiro atoms. The number of aryl methyl sites for hydroxylation is 1. The molecule has 0 heterocycles. The predicted molar refractivity (Wildman–Crippen MR) is 110 cm³/mol. The zero-order valence-electron chi connectivity index (χ0n) is 17.3. The summed E-state index contributed by atoms with van der Waals surface area (Å²) in [5.41, 5.74) is 7.21. The molecule has 29 heavy (non-hydrogen) atoms. The Kier molecular flexibility index (Phi) is 8.48. The van der Waals surface area contributed by atoms with Crippen LogP contribution in [0.5, 0.6) is 11.5 Å². The number of ether oxygens (including phenoxy) is 3. The van der Waals surface area contributed by atoms with E-state index in [0.717, 1.165) is 11.1 Å². The summed E-state index contributed by atoms with van der Waals surface area (Å²) in [6.07, 6.45) is 0. The summed E-state index contributed by atoms with van der Waals surface area (Å²) in [6, 6.07) is 12.5. The molecular weight excluding hydrogens is 372 g/mol. The smallest absolute Gasteiger partial charge is 0.276 e. The van der Waals surface area contributed by atoms with Crippen LogP contribution in [0, 0.1) is 6.92 Å². The first-order valence-corrected chi connectivity index (χ1v) is 9.45. The maximum atomic E-state index is 12.2. The van der Waals surface area contributed by atoms with Crippen LogP contribution < -0.4 is 20.3 Å². The van der Waals surface area contributed by atoms with Gasteiger partial charge in [-0.15, -0.1) is 0 Å². The number of methoxy groups -OCH3 is 1. The van der Waals surface area contributed by atoms with Crippen LogP contribution in [0.2, 0.25) is 0 Å². The molecule has 0 saturated carbocycles. The Morgan fingerprint density at radius 1 is 0.966 bits per heavy atom. The standard InChI is InChI=1S/C22H28N2O5/c1-15(2)19-10-5-16(3)13-20(19)29-14-21(25)23-24-22(26)17-6-8-18(9-7-17)28-12-11-27-4/h5-10,13,15H,11-12,14H2,1-4H3,(H,23,25)(H,24,26). The minimum absolute atomic E-state index is 0.199. The second-order valence-electron chi connectivity index (χ2n) is 6.85. The van der Waals surface area contributed by atoms with E-state index in [9.17, 15) is 9.59 Å². The summed E-state index contributed by atoms with van der Waals surface area (Å²) in [6.45, 7) is 6.80. The Bertz CT molecular complexity index is 818. The molecule has 2 aromatic rings. The molecule has 0 atom stereocenters. The second-order valence-corrected chi connectivity index (χ2v) is 6.85. The molecular formula is C22H28N2O5. The highest BCUT2D eigenvalue weighted by atomic mass is 16.5. The maximum Gasteiger partial charge on any atom is 0.276 e. The zero-order chi connectivity index (χ0) is 21.2. The third-order valence-corrected chi connectivity index (χ3v) is 4.14. The summed E-state index contributed by atoms with van der Waals surface area (Å²) in [4.78, 5) is 24.2. The van der Waals surface area contributed by atoms with Crippen molar-refractivity contribution in [3.05, 3.63) is 59.2 Å². The van der Waals surface area contributed by atoms with E-state index in [-0.39, 0.29) is 12.5 Å². The number of hydrogen-bond donors (Lipinski definition) is 2. The van der Waals surface area contributed by atoms with Crippen molar-refractivity contribution in [2.24, 2.45) is 0 Å². The molecule has 0 radical (unpaired) electrons. The fourth-order valence-corrected chi connectivity index (χ4v) is 2.57. The molecule has 2 rings (SSSR count). The van der Waals surface area contributed by atoms with Crippen molar-refractivity contribution in [1.29, 1.82) is 0 Å². The van der Waals surface area contributed by atoms with Gasteiger partial charge in [-0.1, -0.05) is 26.0 Å². The van der Waals surface area contributed by atoms with Gasteiger partial charge in [0.1, 0.15) is 18.1 Å². The average Bonchev–Trinajstić information content (AvgIpc) is 2.71. The number of carbonyl (C=O) groups excluding carboxylic acids is 2. The lowest BCUT2D eigenvalue weighted by molar-refractivity contribution is -0.123. The Hall–Kier alpha value is -3.06. The van der Waals surface area contributed by atoms with E-state index in [2.05, 4.69) is 24.7 Å². The molecule has 0 bridgehead atoms. The topological polar surface area (TPSA) is 85.9 Å². The van der Waals surface area contributed by atoms with Gasteiger partial charge in [0, 0.05) is 12.7 Å². The van der Waals surface area contributed by atoms with Crippen molar-refractivity contribution < 1.29 is 23.8 Å². The molecule has 0 aliphatic rings. The van der Waals surface area contributed by atoms with Gasteiger partial charge in [0.2, 0.25) is 0 Å². The van der Waals surface area contributed by atoms with Gasteiger partial charge < -0.3 is 14.2 Å². The fraction of sp³-hybridized carbons (Fsp3) is 0.364. The van der Waals surface area contributed by atoms with Gasteiger partial charge in [0.05, 0.1) is 6.61 Å². The molecule has 7 heteroatoms. The molecule has 0 aliphatic heterocycles. The number of hydrogen-bond acceptors (Lipinski definition) is 5. The van der Waals surface area contributed by atoms with E-state index in [0.29, 0.717) is 30.3 Å². The van der Waals surface area contributed by atoms with Crippen LogP contribution in [0.25, 0.3) is 0 Å². The van der Waals surface area contributed by atoms with E-state index in [1.54, 1.807) is 31.4 Å². The van der Waals surface area contributed by atoms with Crippen molar-refractivity contribution >= 4 is 11.8 Å². The third kappa shape index (κ3) is 7.12. The van der Waals surface area contributed by atoms with Crippen LogP contribution in [0.15, 0.2) is 42.5 Å². The number of carbonyl (C=O) groups is 2. The Balaban J connectivity index is 1.82. The van der Waals surface area contributed by atoms with Crippen molar-refractivity contribution in [3.63, 3.8) is 0 Å². The van der Waals surface area contributed by atoms with Crippen LogP contribution in [0.3, 0.4) is 0 Å². The van der Waals surface area contributed by atoms with Crippen LogP contribution in [0.4, 0.5) is 0 Å². The molecule has 0 unspecified atom stereocenters. The molecule has 2 N–H and O–H groups in total. The number of nitrogens with one attached hydrogen (secondary N) is 2. The van der Waals surface area contributed by atoms with Gasteiger partial charge in [-0.2, -0.15) is 0 Å². The number of amides is 2. The molecule has 0 saturated heterocycles. The number of hydrazine groups is 1. The van der Waals surface area contributed by atoms with Crippen molar-refractivity contribution in [3.8, 4) is 11.5 Å². The first-order valence-electron chi connectivity index (χ1n) is 9.45. The molecule has 0 aromatic heterocycles. The molecule has 0 aliphatic carbocycles. The Morgan fingerprint density at radius 3 is 2.34 bits per heavy atom. The SMILES string of the molecule is COCCOc1ccc(C(=O)NNC(=O)COc2cc(C)ccc2C(C)C)cc1. The lowest BCUT2D eigenvalue weighted by atomic mass is 10.0. The van der Waals surface area contributed by atoms with Gasteiger partial charge in [0.25, 0.3) is 11.8 Å². The number of benzene rings is 2. The summed E-state index contributed by atoms with van der Waals surface area (Å²) in [5, 5.41) is 0. The summed E-state index contributed by atoms with van der Waals surface area (Å²) >= 11 is 0. The highest BCUT2D eigenvalue weighted by Crippen LogP contribution is 2.27. The third-order valence-electron chi connectivity index (χ3n) is 4.14. The second kappa shape index (κ2) is 11.1. The van der Waals surface area contributed by atoms with Crippen molar-refractivity contribution in [2.75, 3.05) is 26.9 Å². The van der Waals surface area contributed by atoms with Gasteiger partial charge >= 0.3 is 0 Å².